The van der Waals surface area contributed by atoms with E-state index in [0.717, 1.165) is 12.2 Å². The third-order valence-corrected chi connectivity index (χ3v) is 1.86. The van der Waals surface area contributed by atoms with Crippen LogP contribution in [0.15, 0.2) is 60.7 Å². The number of cyclic esters (lactones) is 2. The molecular formula is C14H11NO5. The molecule has 2 aliphatic rings. The lowest BCUT2D eigenvalue weighted by Crippen LogP contribution is -2.19. The van der Waals surface area contributed by atoms with Gasteiger partial charge >= 0.3 is 11.9 Å². The normalized spacial score (nSPS) is 14.8. The summed E-state index contributed by atoms with van der Waals surface area (Å²) in [6.07, 6.45) is 4.56. The Morgan fingerprint density at radius 3 is 1.10 bits per heavy atom. The molecule has 3 rings (SSSR count). The summed E-state index contributed by atoms with van der Waals surface area (Å²) < 4.78 is 3.97. The standard InChI is InChI=1S/C6H6.C4H3NO2.C4H2O3/c1-2-4-6-5-3-1;6-3-1-2-4(7)5-3;5-3-1-2-4(6)7-3/h1-6H;1-2H,(H,5,6,7);1-2H. The van der Waals surface area contributed by atoms with Crippen molar-refractivity contribution in [1.82, 2.24) is 5.32 Å². The van der Waals surface area contributed by atoms with Gasteiger partial charge in [-0.05, 0) is 0 Å². The summed E-state index contributed by atoms with van der Waals surface area (Å²) in [7, 11) is 0. The first-order valence-electron chi connectivity index (χ1n) is 5.55. The van der Waals surface area contributed by atoms with E-state index in [1.807, 2.05) is 41.7 Å². The molecule has 102 valence electrons. The molecule has 2 amide bonds. The van der Waals surface area contributed by atoms with Gasteiger partial charge in [0.05, 0.1) is 0 Å². The minimum absolute atomic E-state index is 0.329. The quantitative estimate of drug-likeness (QED) is 0.422. The predicted octanol–water partition coefficient (Wildman–Crippen LogP) is 0.512. The molecule has 1 N–H and O–H groups in total. The van der Waals surface area contributed by atoms with Crippen LogP contribution in [-0.4, -0.2) is 23.8 Å². The average molecular weight is 273 g/mol. The van der Waals surface area contributed by atoms with E-state index in [4.69, 9.17) is 0 Å². The molecule has 0 saturated heterocycles. The van der Waals surface area contributed by atoms with Gasteiger partial charge in [0.25, 0.3) is 11.8 Å². The molecular weight excluding hydrogens is 262 g/mol. The zero-order valence-electron chi connectivity index (χ0n) is 10.3. The van der Waals surface area contributed by atoms with E-state index in [1.165, 1.54) is 12.2 Å². The molecule has 0 bridgehead atoms. The Bertz CT molecular complexity index is 465. The van der Waals surface area contributed by atoms with Crippen molar-refractivity contribution >= 4 is 23.8 Å². The first kappa shape index (κ1) is 15.0. The maximum Gasteiger partial charge on any atom is 0.338 e. The first-order valence-corrected chi connectivity index (χ1v) is 5.55. The molecule has 0 aromatic heterocycles. The third kappa shape index (κ3) is 6.65. The van der Waals surface area contributed by atoms with Gasteiger partial charge in [0, 0.05) is 24.3 Å². The lowest BCUT2D eigenvalue weighted by molar-refractivity contribution is -0.150. The molecule has 2 aliphatic heterocycles. The average Bonchev–Trinajstić information content (AvgIpc) is 3.01. The number of hydrogen-bond donors (Lipinski definition) is 1. The maximum absolute atomic E-state index is 10.0. The number of carbonyl (C=O) groups excluding carboxylic acids is 4. The van der Waals surface area contributed by atoms with E-state index < -0.39 is 11.9 Å². The van der Waals surface area contributed by atoms with E-state index in [-0.39, 0.29) is 11.8 Å². The van der Waals surface area contributed by atoms with E-state index in [0.29, 0.717) is 0 Å². The van der Waals surface area contributed by atoms with E-state index in [9.17, 15) is 19.2 Å². The second-order valence-corrected chi connectivity index (χ2v) is 3.42. The number of rotatable bonds is 0. The van der Waals surface area contributed by atoms with Crippen LogP contribution in [0.2, 0.25) is 0 Å². The summed E-state index contributed by atoms with van der Waals surface area (Å²) in [4.78, 5) is 39.9. The number of ether oxygens (including phenoxy) is 1. The summed E-state index contributed by atoms with van der Waals surface area (Å²) in [6.45, 7) is 0. The van der Waals surface area contributed by atoms with Gasteiger partial charge in [-0.1, -0.05) is 36.4 Å². The Morgan fingerprint density at radius 1 is 0.600 bits per heavy atom. The number of amides is 2. The molecule has 1 aromatic carbocycles. The SMILES string of the molecule is O=C1C=CC(=O)N1.O=C1C=CC(=O)O1.c1ccccc1. The van der Waals surface area contributed by atoms with Crippen molar-refractivity contribution in [3.63, 3.8) is 0 Å². The fourth-order valence-electron chi connectivity index (χ4n) is 1.04. The molecule has 20 heavy (non-hydrogen) atoms. The van der Waals surface area contributed by atoms with Crippen LogP contribution in [0.25, 0.3) is 0 Å². The van der Waals surface area contributed by atoms with Crippen molar-refractivity contribution in [2.24, 2.45) is 0 Å². The number of hydrogen-bond acceptors (Lipinski definition) is 5. The second kappa shape index (κ2) is 8.15. The summed E-state index contributed by atoms with van der Waals surface area (Å²) in [6, 6.07) is 12.0. The molecule has 0 unspecified atom stereocenters. The molecule has 0 saturated carbocycles. The van der Waals surface area contributed by atoms with Gasteiger partial charge < -0.3 is 4.74 Å². The summed E-state index contributed by atoms with van der Waals surface area (Å²) >= 11 is 0. The van der Waals surface area contributed by atoms with Crippen molar-refractivity contribution in [1.29, 1.82) is 0 Å². The van der Waals surface area contributed by atoms with Gasteiger partial charge in [-0.15, -0.1) is 0 Å². The summed E-state index contributed by atoms with van der Waals surface area (Å²) in [5.41, 5.74) is 0. The highest BCUT2D eigenvalue weighted by molar-refractivity contribution is 6.12. The number of esters is 2. The van der Waals surface area contributed by atoms with Crippen LogP contribution in [0.4, 0.5) is 0 Å². The Kier molecular flexibility index (Phi) is 6.13. The van der Waals surface area contributed by atoms with Crippen molar-refractivity contribution in [3.8, 4) is 0 Å². The molecule has 6 heteroatoms. The Morgan fingerprint density at radius 2 is 0.950 bits per heavy atom. The van der Waals surface area contributed by atoms with E-state index in [1.54, 1.807) is 0 Å². The molecule has 0 radical (unpaired) electrons. The van der Waals surface area contributed by atoms with Gasteiger partial charge in [0.15, 0.2) is 0 Å². The molecule has 0 fully saturated rings. The fraction of sp³-hybridized carbons (Fsp3) is 0. The molecule has 2 heterocycles. The minimum Gasteiger partial charge on any atom is -0.387 e. The lowest BCUT2D eigenvalue weighted by Gasteiger charge is -1.80. The van der Waals surface area contributed by atoms with Gasteiger partial charge in [0.2, 0.25) is 0 Å². The Hall–Kier alpha value is -3.02. The van der Waals surface area contributed by atoms with Crippen LogP contribution in [0.5, 0.6) is 0 Å². The molecule has 6 nitrogen and oxygen atoms in total. The van der Waals surface area contributed by atoms with Crippen molar-refractivity contribution in [2.75, 3.05) is 0 Å². The maximum atomic E-state index is 10.0. The number of carbonyl (C=O) groups is 4. The van der Waals surface area contributed by atoms with E-state index in [2.05, 4.69) is 4.74 Å². The smallest absolute Gasteiger partial charge is 0.338 e. The minimum atomic E-state index is -0.579. The highest BCUT2D eigenvalue weighted by Gasteiger charge is 2.10. The van der Waals surface area contributed by atoms with Crippen LogP contribution in [-0.2, 0) is 23.9 Å². The van der Waals surface area contributed by atoms with Crippen molar-refractivity contribution in [2.45, 2.75) is 0 Å². The second-order valence-electron chi connectivity index (χ2n) is 3.42. The first-order chi connectivity index (χ1) is 9.58. The molecule has 0 aliphatic carbocycles. The summed E-state index contributed by atoms with van der Waals surface area (Å²) in [5.74, 6) is -1.81. The largest absolute Gasteiger partial charge is 0.387 e. The fourth-order valence-corrected chi connectivity index (χ4v) is 1.04. The highest BCUT2D eigenvalue weighted by Crippen LogP contribution is 1.92. The Balaban J connectivity index is 0.000000151. The molecule has 1 aromatic rings. The van der Waals surface area contributed by atoms with Crippen molar-refractivity contribution in [3.05, 3.63) is 60.7 Å². The van der Waals surface area contributed by atoms with E-state index >= 15 is 0 Å². The summed E-state index contributed by atoms with van der Waals surface area (Å²) in [5, 5.41) is 2.03. The zero-order chi connectivity index (χ0) is 14.8. The van der Waals surface area contributed by atoms with Crippen LogP contribution in [0.3, 0.4) is 0 Å². The highest BCUT2D eigenvalue weighted by atomic mass is 16.6. The lowest BCUT2D eigenvalue weighted by atomic mass is 10.4. The van der Waals surface area contributed by atoms with Crippen LogP contribution < -0.4 is 5.32 Å². The van der Waals surface area contributed by atoms with Crippen molar-refractivity contribution < 1.29 is 23.9 Å². The predicted molar refractivity (Wildman–Crippen MR) is 69.0 cm³/mol. The molecule has 0 spiro atoms. The molecule has 0 atom stereocenters. The topological polar surface area (TPSA) is 89.5 Å². The van der Waals surface area contributed by atoms with Gasteiger partial charge in [-0.25, -0.2) is 9.59 Å². The number of benzene rings is 1. The number of nitrogens with one attached hydrogen (secondary N) is 1. The van der Waals surface area contributed by atoms with Crippen LogP contribution in [0, 0.1) is 0 Å². The monoisotopic (exact) mass is 273 g/mol. The number of imide groups is 1. The third-order valence-electron chi connectivity index (χ3n) is 1.86. The van der Waals surface area contributed by atoms with Crippen LogP contribution in [0.1, 0.15) is 0 Å². The van der Waals surface area contributed by atoms with Gasteiger partial charge in [-0.2, -0.15) is 0 Å². The Labute approximate surface area is 114 Å². The van der Waals surface area contributed by atoms with Gasteiger partial charge in [0.1, 0.15) is 0 Å². The van der Waals surface area contributed by atoms with Crippen LogP contribution >= 0.6 is 0 Å². The van der Waals surface area contributed by atoms with Gasteiger partial charge in [-0.3, -0.25) is 14.9 Å². The zero-order valence-corrected chi connectivity index (χ0v) is 10.3.